The van der Waals surface area contributed by atoms with Gasteiger partial charge in [-0.05, 0) is 30.0 Å². The number of nitrogens with zero attached hydrogens (tertiary/aromatic N) is 4. The third kappa shape index (κ3) is 3.53. The molecule has 7 heteroatoms. The van der Waals surface area contributed by atoms with Crippen LogP contribution in [0.4, 0.5) is 0 Å². The molecule has 6 rings (SSSR count). The third-order valence-corrected chi connectivity index (χ3v) is 5.55. The van der Waals surface area contributed by atoms with Crippen molar-refractivity contribution in [2.24, 2.45) is 0 Å². The second-order valence-corrected chi connectivity index (χ2v) is 7.55. The van der Waals surface area contributed by atoms with Crippen molar-refractivity contribution in [3.05, 3.63) is 90.9 Å². The first-order valence-corrected chi connectivity index (χ1v) is 10.2. The number of hydrogen-bond donors (Lipinski definition) is 1. The largest absolute Gasteiger partial charge is 0.506 e. The second-order valence-electron chi connectivity index (χ2n) is 7.55. The van der Waals surface area contributed by atoms with Crippen LogP contribution >= 0.6 is 0 Å². The molecule has 0 amide bonds. The van der Waals surface area contributed by atoms with Crippen LogP contribution in [0.5, 0.6) is 17.4 Å². The molecule has 0 aliphatic carbocycles. The Labute approximate surface area is 203 Å². The average molecular weight is 613 g/mol. The first-order valence-electron chi connectivity index (χ1n) is 10.2. The maximum atomic E-state index is 10.2. The number of ether oxygens (including phenoxy) is 1. The van der Waals surface area contributed by atoms with Gasteiger partial charge < -0.3 is 14.4 Å². The van der Waals surface area contributed by atoms with Gasteiger partial charge in [0.1, 0.15) is 11.3 Å². The molecular weight excluding hydrogens is 595 g/mol. The maximum Gasteiger partial charge on any atom is 0.217 e. The van der Waals surface area contributed by atoms with Gasteiger partial charge in [0, 0.05) is 56.2 Å². The van der Waals surface area contributed by atoms with Crippen LogP contribution in [0.2, 0.25) is 0 Å². The standard InChI is InChI=1S/C26H17N4O2.Pt/c1-16-13-25(29-26-18(16)6-4-8-23(26)31)32-17-9-10-20-19-5-2-3-7-21(19)30(22(20)14-17)24-15-27-11-12-28-24;/h2-13,15,31H,1H3;/q-1;. The summed E-state index contributed by atoms with van der Waals surface area (Å²) in [6.07, 6.45) is 5.05. The molecule has 0 aliphatic rings. The molecule has 164 valence electrons. The molecule has 0 spiro atoms. The van der Waals surface area contributed by atoms with Crippen molar-refractivity contribution in [3.63, 3.8) is 0 Å². The molecular formula is C26H17N4O2Pt-. The molecule has 0 fully saturated rings. The Morgan fingerprint density at radius 2 is 1.79 bits per heavy atom. The summed E-state index contributed by atoms with van der Waals surface area (Å²) in [6, 6.07) is 22.6. The normalized spacial score (nSPS) is 11.1. The zero-order valence-electron chi connectivity index (χ0n) is 17.5. The Morgan fingerprint density at radius 3 is 2.64 bits per heavy atom. The van der Waals surface area contributed by atoms with Crippen LogP contribution in [0, 0.1) is 13.0 Å². The SMILES string of the molecule is Cc1cc(Oc2[c-]c3c(cc2)c2ccccc2n3-c2cnccn2)nc2c(O)cccc12.[Pt]. The van der Waals surface area contributed by atoms with Gasteiger partial charge in [0.05, 0.1) is 6.20 Å². The Morgan fingerprint density at radius 1 is 0.939 bits per heavy atom. The minimum atomic E-state index is 0. The van der Waals surface area contributed by atoms with E-state index >= 15 is 0 Å². The molecule has 0 unspecified atom stereocenters. The summed E-state index contributed by atoms with van der Waals surface area (Å²) in [5.41, 5.74) is 3.33. The van der Waals surface area contributed by atoms with Gasteiger partial charge in [-0.25, -0.2) is 9.97 Å². The number of aromatic nitrogens is 4. The number of aryl methyl sites for hydroxylation is 1. The predicted octanol–water partition coefficient (Wildman–Crippen LogP) is 5.73. The van der Waals surface area contributed by atoms with Crippen molar-refractivity contribution in [2.75, 3.05) is 0 Å². The van der Waals surface area contributed by atoms with Crippen molar-refractivity contribution in [2.45, 2.75) is 6.92 Å². The topological polar surface area (TPSA) is 73.1 Å². The van der Waals surface area contributed by atoms with Crippen LogP contribution in [-0.2, 0) is 21.1 Å². The van der Waals surface area contributed by atoms with E-state index in [-0.39, 0.29) is 26.8 Å². The number of fused-ring (bicyclic) bond motifs is 4. The summed E-state index contributed by atoms with van der Waals surface area (Å²) in [4.78, 5) is 13.2. The molecule has 33 heavy (non-hydrogen) atoms. The molecule has 0 saturated heterocycles. The molecule has 1 N–H and O–H groups in total. The molecule has 0 saturated carbocycles. The van der Waals surface area contributed by atoms with Crippen molar-refractivity contribution >= 4 is 32.7 Å². The quantitative estimate of drug-likeness (QED) is 0.259. The number of rotatable bonds is 3. The summed E-state index contributed by atoms with van der Waals surface area (Å²) in [5, 5.41) is 13.3. The van der Waals surface area contributed by atoms with Crippen molar-refractivity contribution in [3.8, 4) is 23.2 Å². The number of hydrogen-bond acceptors (Lipinski definition) is 5. The summed E-state index contributed by atoms with van der Waals surface area (Å²) >= 11 is 0. The van der Waals surface area contributed by atoms with Crippen LogP contribution in [0.25, 0.3) is 38.5 Å². The number of pyridine rings is 1. The van der Waals surface area contributed by atoms with Gasteiger partial charge in [0.25, 0.3) is 0 Å². The minimum absolute atomic E-state index is 0. The van der Waals surface area contributed by atoms with Gasteiger partial charge in [-0.15, -0.1) is 17.5 Å². The monoisotopic (exact) mass is 612 g/mol. The Bertz CT molecular complexity index is 1630. The van der Waals surface area contributed by atoms with Crippen LogP contribution < -0.4 is 4.74 Å². The molecule has 3 heterocycles. The van der Waals surface area contributed by atoms with Gasteiger partial charge >= 0.3 is 0 Å². The van der Waals surface area contributed by atoms with Crippen molar-refractivity contribution < 1.29 is 30.9 Å². The van der Waals surface area contributed by atoms with Gasteiger partial charge in [0.15, 0.2) is 5.82 Å². The van der Waals surface area contributed by atoms with Crippen molar-refractivity contribution in [1.29, 1.82) is 0 Å². The zero-order chi connectivity index (χ0) is 21.7. The summed E-state index contributed by atoms with van der Waals surface area (Å²) in [6.45, 7) is 1.97. The van der Waals surface area contributed by atoms with E-state index in [0.717, 1.165) is 32.8 Å². The van der Waals surface area contributed by atoms with Crippen LogP contribution in [0.3, 0.4) is 0 Å². The predicted molar refractivity (Wildman–Crippen MR) is 123 cm³/mol. The fourth-order valence-electron chi connectivity index (χ4n) is 4.12. The molecule has 0 aliphatic heterocycles. The first-order chi connectivity index (χ1) is 15.7. The number of phenolic OH excluding ortho intramolecular Hbond substituents is 1. The second kappa shape index (κ2) is 8.30. The van der Waals surface area contributed by atoms with E-state index in [1.54, 1.807) is 30.7 Å². The van der Waals surface area contributed by atoms with Gasteiger partial charge in [-0.1, -0.05) is 35.8 Å². The molecule has 3 aromatic heterocycles. The fourth-order valence-corrected chi connectivity index (χ4v) is 4.12. The van der Waals surface area contributed by atoms with E-state index in [1.165, 1.54) is 0 Å². The molecule has 6 nitrogen and oxygen atoms in total. The molecule has 3 aromatic carbocycles. The van der Waals surface area contributed by atoms with Crippen LogP contribution in [0.15, 0.2) is 79.3 Å². The molecule has 0 atom stereocenters. The van der Waals surface area contributed by atoms with Gasteiger partial charge in [0.2, 0.25) is 5.88 Å². The Balaban J connectivity index is 0.00000228. The van der Waals surface area contributed by atoms with Crippen LogP contribution in [0.1, 0.15) is 5.56 Å². The fraction of sp³-hybridized carbons (Fsp3) is 0.0385. The number of benzene rings is 3. The van der Waals surface area contributed by atoms with Crippen LogP contribution in [-0.4, -0.2) is 24.6 Å². The van der Waals surface area contributed by atoms with E-state index < -0.39 is 0 Å². The zero-order valence-corrected chi connectivity index (χ0v) is 19.7. The average Bonchev–Trinajstić information content (AvgIpc) is 3.14. The number of para-hydroxylation sites is 2. The summed E-state index contributed by atoms with van der Waals surface area (Å²) in [5.74, 6) is 1.75. The number of phenols is 1. The summed E-state index contributed by atoms with van der Waals surface area (Å²) in [7, 11) is 0. The van der Waals surface area contributed by atoms with Gasteiger partial charge in [-0.3, -0.25) is 4.98 Å². The van der Waals surface area contributed by atoms with Crippen molar-refractivity contribution in [1.82, 2.24) is 19.5 Å². The molecule has 0 radical (unpaired) electrons. The van der Waals surface area contributed by atoms with E-state index in [2.05, 4.69) is 33.2 Å². The summed E-state index contributed by atoms with van der Waals surface area (Å²) < 4.78 is 8.11. The smallest absolute Gasteiger partial charge is 0.217 e. The van der Waals surface area contributed by atoms with Gasteiger partial charge in [-0.2, -0.15) is 6.07 Å². The van der Waals surface area contributed by atoms with E-state index in [4.69, 9.17) is 4.74 Å². The molecule has 6 aromatic rings. The minimum Gasteiger partial charge on any atom is -0.506 e. The third-order valence-electron chi connectivity index (χ3n) is 5.55. The van der Waals surface area contributed by atoms with E-state index in [9.17, 15) is 5.11 Å². The Kier molecular flexibility index (Phi) is 5.31. The number of aromatic hydroxyl groups is 1. The molecule has 0 bridgehead atoms. The maximum absolute atomic E-state index is 10.2. The first kappa shape index (κ1) is 21.1. The van der Waals surface area contributed by atoms with E-state index in [0.29, 0.717) is 23.0 Å². The van der Waals surface area contributed by atoms with E-state index in [1.807, 2.05) is 47.9 Å². The Hall–Kier alpha value is -3.76.